The Morgan fingerprint density at radius 2 is 1.93 bits per heavy atom. The molecule has 1 aromatic rings. The number of aliphatic hydroxyl groups is 1. The highest BCUT2D eigenvalue weighted by atomic mass is 127. The van der Waals surface area contributed by atoms with Crippen molar-refractivity contribution in [1.82, 2.24) is 10.6 Å². The first-order valence-electron chi connectivity index (χ1n) is 9.75. The molecule has 0 fully saturated rings. The largest absolute Gasteiger partial charge is 0.496 e. The van der Waals surface area contributed by atoms with Gasteiger partial charge in [-0.25, -0.2) is 0 Å². The van der Waals surface area contributed by atoms with Crippen molar-refractivity contribution in [1.29, 1.82) is 0 Å². The molecule has 5 nitrogen and oxygen atoms in total. The van der Waals surface area contributed by atoms with Gasteiger partial charge in [0.2, 0.25) is 0 Å². The van der Waals surface area contributed by atoms with Crippen LogP contribution in [0.4, 0.5) is 0 Å². The van der Waals surface area contributed by atoms with Crippen LogP contribution in [0.25, 0.3) is 0 Å². The van der Waals surface area contributed by atoms with E-state index in [1.807, 2.05) is 6.07 Å². The number of aliphatic hydroxyl groups excluding tert-OH is 1. The van der Waals surface area contributed by atoms with E-state index in [-0.39, 0.29) is 42.0 Å². The summed E-state index contributed by atoms with van der Waals surface area (Å²) in [6, 6.07) is 6.28. The van der Waals surface area contributed by atoms with Crippen molar-refractivity contribution in [2.24, 2.45) is 10.4 Å². The summed E-state index contributed by atoms with van der Waals surface area (Å²) in [5.41, 5.74) is 2.38. The molecule has 0 spiro atoms. The second-order valence-corrected chi connectivity index (χ2v) is 6.99. The smallest absolute Gasteiger partial charge is 0.191 e. The van der Waals surface area contributed by atoms with Crippen molar-refractivity contribution in [3.05, 3.63) is 29.3 Å². The van der Waals surface area contributed by atoms with Crippen LogP contribution in [0.2, 0.25) is 0 Å². The monoisotopic (exact) mass is 491 g/mol. The Morgan fingerprint density at radius 1 is 1.26 bits per heavy atom. The van der Waals surface area contributed by atoms with Gasteiger partial charge in [0.15, 0.2) is 5.96 Å². The van der Waals surface area contributed by atoms with Gasteiger partial charge in [-0.2, -0.15) is 0 Å². The lowest BCUT2D eigenvalue weighted by molar-refractivity contribution is 0.175. The van der Waals surface area contributed by atoms with Crippen LogP contribution in [0.1, 0.15) is 64.1 Å². The maximum absolute atomic E-state index is 9.42. The van der Waals surface area contributed by atoms with Gasteiger partial charge in [0.1, 0.15) is 5.75 Å². The molecule has 0 saturated heterocycles. The third-order valence-electron chi connectivity index (χ3n) is 5.26. The summed E-state index contributed by atoms with van der Waals surface area (Å²) in [6.07, 6.45) is 2.80. The van der Waals surface area contributed by atoms with E-state index in [1.165, 1.54) is 5.56 Å². The number of hydrogen-bond donors (Lipinski definition) is 3. The van der Waals surface area contributed by atoms with E-state index in [4.69, 9.17) is 9.73 Å². The van der Waals surface area contributed by atoms with Crippen LogP contribution in [0.3, 0.4) is 0 Å². The second-order valence-electron chi connectivity index (χ2n) is 6.99. The van der Waals surface area contributed by atoms with Crippen molar-refractivity contribution in [2.45, 2.75) is 59.9 Å². The summed E-state index contributed by atoms with van der Waals surface area (Å²) >= 11 is 0. The van der Waals surface area contributed by atoms with Gasteiger partial charge in [-0.05, 0) is 51.5 Å². The Morgan fingerprint density at radius 3 is 2.44 bits per heavy atom. The summed E-state index contributed by atoms with van der Waals surface area (Å²) < 4.78 is 5.52. The number of nitrogens with one attached hydrogen (secondary N) is 2. The minimum absolute atomic E-state index is 0. The van der Waals surface area contributed by atoms with Gasteiger partial charge in [-0.3, -0.25) is 4.99 Å². The average Bonchev–Trinajstić information content (AvgIpc) is 2.65. The third-order valence-corrected chi connectivity index (χ3v) is 5.26. The number of methoxy groups -OCH3 is 1. The number of halogens is 1. The number of nitrogens with zero attached hydrogens (tertiary/aromatic N) is 1. The van der Waals surface area contributed by atoms with Gasteiger partial charge in [0.25, 0.3) is 0 Å². The highest BCUT2D eigenvalue weighted by molar-refractivity contribution is 14.0. The predicted octanol–water partition coefficient (Wildman–Crippen LogP) is 4.43. The number of aliphatic imine (C=N–C) groups is 1. The van der Waals surface area contributed by atoms with Crippen LogP contribution in [-0.4, -0.2) is 37.9 Å². The lowest BCUT2D eigenvalue weighted by Crippen LogP contribution is -2.40. The maximum atomic E-state index is 9.42. The molecule has 27 heavy (non-hydrogen) atoms. The Balaban J connectivity index is 0.00000676. The van der Waals surface area contributed by atoms with Gasteiger partial charge >= 0.3 is 0 Å². The maximum Gasteiger partial charge on any atom is 0.191 e. The molecule has 6 heteroatoms. The number of guanidine groups is 1. The topological polar surface area (TPSA) is 65.9 Å². The van der Waals surface area contributed by atoms with Gasteiger partial charge in [-0.1, -0.05) is 31.5 Å². The van der Waals surface area contributed by atoms with Gasteiger partial charge in [-0.15, -0.1) is 24.0 Å². The lowest BCUT2D eigenvalue weighted by Gasteiger charge is -2.30. The molecule has 0 aliphatic heterocycles. The van der Waals surface area contributed by atoms with E-state index in [0.29, 0.717) is 6.54 Å². The Bertz CT molecular complexity index is 575. The Labute approximate surface area is 182 Å². The molecule has 0 saturated carbocycles. The summed E-state index contributed by atoms with van der Waals surface area (Å²) in [6.45, 7) is 12.3. The van der Waals surface area contributed by atoms with Crippen LogP contribution in [0.15, 0.2) is 23.2 Å². The van der Waals surface area contributed by atoms with Gasteiger partial charge < -0.3 is 20.5 Å². The summed E-state index contributed by atoms with van der Waals surface area (Å²) in [4.78, 5) is 4.83. The standard InChI is InChI=1S/C21H37N3O2.HI/c1-7-21(8-2,12-13-25)15-23-20(22-9-3)24-17(5)18-14-16(4)10-11-19(18)26-6;/h10-11,14,17,25H,7-9,12-13,15H2,1-6H3,(H2,22,23,24);1H. The highest BCUT2D eigenvalue weighted by Crippen LogP contribution is 2.31. The zero-order chi connectivity index (χ0) is 19.6. The Hall–Kier alpha value is -1.02. The van der Waals surface area contributed by atoms with E-state index < -0.39 is 0 Å². The molecular formula is C21H38IN3O2. The van der Waals surface area contributed by atoms with E-state index in [1.54, 1.807) is 7.11 Å². The van der Waals surface area contributed by atoms with E-state index in [0.717, 1.165) is 43.1 Å². The fourth-order valence-electron chi connectivity index (χ4n) is 3.19. The SMILES string of the molecule is CCNC(=NCC(CC)(CC)CCO)NC(C)c1cc(C)ccc1OC.I. The minimum Gasteiger partial charge on any atom is -0.496 e. The molecule has 0 aliphatic rings. The van der Waals surface area contributed by atoms with Crippen LogP contribution in [-0.2, 0) is 0 Å². The van der Waals surface area contributed by atoms with E-state index in [2.05, 4.69) is 57.4 Å². The molecule has 0 heterocycles. The second kappa shape index (κ2) is 13.2. The molecule has 0 aliphatic carbocycles. The molecule has 1 atom stereocenters. The van der Waals surface area contributed by atoms with Gasteiger partial charge in [0.05, 0.1) is 13.2 Å². The molecule has 0 bridgehead atoms. The van der Waals surface area contributed by atoms with Crippen LogP contribution < -0.4 is 15.4 Å². The average molecular weight is 491 g/mol. The first kappa shape index (κ1) is 26.0. The molecule has 156 valence electrons. The number of aryl methyl sites for hydroxylation is 1. The molecule has 0 amide bonds. The predicted molar refractivity (Wildman–Crippen MR) is 125 cm³/mol. The summed E-state index contributed by atoms with van der Waals surface area (Å²) in [5.74, 6) is 1.68. The third kappa shape index (κ3) is 7.86. The van der Waals surface area contributed by atoms with Crippen molar-refractivity contribution >= 4 is 29.9 Å². The fraction of sp³-hybridized carbons (Fsp3) is 0.667. The van der Waals surface area contributed by atoms with Crippen LogP contribution in [0.5, 0.6) is 5.75 Å². The summed E-state index contributed by atoms with van der Waals surface area (Å²) in [7, 11) is 1.70. The lowest BCUT2D eigenvalue weighted by atomic mass is 9.79. The molecule has 0 radical (unpaired) electrons. The van der Waals surface area contributed by atoms with E-state index >= 15 is 0 Å². The summed E-state index contributed by atoms with van der Waals surface area (Å²) in [5, 5.41) is 16.2. The molecule has 1 aromatic carbocycles. The van der Waals surface area contributed by atoms with Crippen molar-refractivity contribution < 1.29 is 9.84 Å². The number of rotatable bonds is 10. The first-order chi connectivity index (χ1) is 12.4. The molecule has 3 N–H and O–H groups in total. The number of ether oxygens (including phenoxy) is 1. The Kier molecular flexibility index (Phi) is 12.7. The fourth-order valence-corrected chi connectivity index (χ4v) is 3.19. The van der Waals surface area contributed by atoms with Crippen molar-refractivity contribution in [3.8, 4) is 5.75 Å². The highest BCUT2D eigenvalue weighted by Gasteiger charge is 2.25. The van der Waals surface area contributed by atoms with Crippen molar-refractivity contribution in [2.75, 3.05) is 26.8 Å². The molecule has 1 unspecified atom stereocenters. The number of hydrogen-bond acceptors (Lipinski definition) is 3. The molecule has 0 aromatic heterocycles. The van der Waals surface area contributed by atoms with Crippen molar-refractivity contribution in [3.63, 3.8) is 0 Å². The van der Waals surface area contributed by atoms with Crippen LogP contribution in [0, 0.1) is 12.3 Å². The normalized spacial score (nSPS) is 12.9. The minimum atomic E-state index is 0. The molecular weight excluding hydrogens is 453 g/mol. The number of benzene rings is 1. The van der Waals surface area contributed by atoms with Crippen LogP contribution >= 0.6 is 24.0 Å². The van der Waals surface area contributed by atoms with E-state index in [9.17, 15) is 5.11 Å². The zero-order valence-electron chi connectivity index (χ0n) is 17.8. The molecule has 1 rings (SSSR count). The zero-order valence-corrected chi connectivity index (χ0v) is 20.1. The quantitative estimate of drug-likeness (QED) is 0.258. The first-order valence-corrected chi connectivity index (χ1v) is 9.75. The van der Waals surface area contributed by atoms with Gasteiger partial charge in [0, 0.05) is 25.3 Å².